The molecule has 10 heteroatoms. The van der Waals surface area contributed by atoms with Gasteiger partial charge in [0.1, 0.15) is 0 Å². The van der Waals surface area contributed by atoms with Crippen molar-refractivity contribution >= 4 is 33.2 Å². The fourth-order valence-electron chi connectivity index (χ4n) is 3.70. The summed E-state index contributed by atoms with van der Waals surface area (Å²) in [5.74, 6) is -0.425. The summed E-state index contributed by atoms with van der Waals surface area (Å²) >= 11 is 6.21. The molecule has 2 aliphatic heterocycles. The van der Waals surface area contributed by atoms with Gasteiger partial charge in [-0.05, 0) is 35.9 Å². The number of amides is 1. The summed E-state index contributed by atoms with van der Waals surface area (Å²) in [5.41, 5.74) is 2.18. The van der Waals surface area contributed by atoms with Crippen LogP contribution >= 0.6 is 11.6 Å². The molecule has 0 aliphatic carbocycles. The topological polar surface area (TPSA) is 88.2 Å². The van der Waals surface area contributed by atoms with Crippen LogP contribution in [0, 0.1) is 0 Å². The van der Waals surface area contributed by atoms with Crippen LogP contribution in [0.1, 0.15) is 15.9 Å². The zero-order chi connectivity index (χ0) is 22.6. The summed E-state index contributed by atoms with van der Waals surface area (Å²) in [4.78, 5) is 15.1. The second-order valence-electron chi connectivity index (χ2n) is 7.61. The van der Waals surface area contributed by atoms with Crippen molar-refractivity contribution in [3.05, 3.63) is 58.6 Å². The predicted octanol–water partition coefficient (Wildman–Crippen LogP) is 2.13. The summed E-state index contributed by atoms with van der Waals surface area (Å²) in [6.07, 6.45) is 0. The monoisotopic (exact) mass is 479 g/mol. The Labute approximate surface area is 193 Å². The molecule has 0 spiro atoms. The Hall–Kier alpha value is -2.17. The van der Waals surface area contributed by atoms with E-state index >= 15 is 0 Å². The van der Waals surface area contributed by atoms with Gasteiger partial charge in [0.2, 0.25) is 10.0 Å². The molecular weight excluding hydrogens is 454 g/mol. The first-order valence-corrected chi connectivity index (χ1v) is 12.3. The number of morpholine rings is 2. The Morgan fingerprint density at radius 1 is 0.938 bits per heavy atom. The van der Waals surface area contributed by atoms with Crippen LogP contribution in [0.3, 0.4) is 0 Å². The third-order valence-electron chi connectivity index (χ3n) is 5.56. The molecule has 0 unspecified atom stereocenters. The Balaban J connectivity index is 1.42. The molecule has 2 heterocycles. The number of hydrogen-bond donors (Lipinski definition) is 1. The van der Waals surface area contributed by atoms with Crippen molar-refractivity contribution in [3.8, 4) is 0 Å². The second kappa shape index (κ2) is 10.2. The molecule has 2 aliphatic rings. The Bertz CT molecular complexity index is 1050. The van der Waals surface area contributed by atoms with Gasteiger partial charge in [-0.1, -0.05) is 23.7 Å². The van der Waals surface area contributed by atoms with E-state index in [2.05, 4.69) is 10.2 Å². The molecule has 8 nitrogen and oxygen atoms in total. The van der Waals surface area contributed by atoms with Crippen molar-refractivity contribution < 1.29 is 22.7 Å². The van der Waals surface area contributed by atoms with Crippen LogP contribution in [0.2, 0.25) is 5.02 Å². The number of ether oxygens (including phenoxy) is 2. The van der Waals surface area contributed by atoms with E-state index in [0.29, 0.717) is 19.8 Å². The number of nitrogens with zero attached hydrogens (tertiary/aromatic N) is 2. The lowest BCUT2D eigenvalue weighted by Crippen LogP contribution is -2.40. The van der Waals surface area contributed by atoms with Crippen molar-refractivity contribution in [1.29, 1.82) is 0 Å². The van der Waals surface area contributed by atoms with E-state index in [9.17, 15) is 13.2 Å². The van der Waals surface area contributed by atoms with Gasteiger partial charge in [-0.2, -0.15) is 4.31 Å². The number of benzene rings is 2. The number of rotatable bonds is 6. The largest absolute Gasteiger partial charge is 0.379 e. The molecule has 32 heavy (non-hydrogen) atoms. The van der Waals surface area contributed by atoms with Crippen molar-refractivity contribution in [2.45, 2.75) is 11.4 Å². The van der Waals surface area contributed by atoms with Crippen molar-refractivity contribution in [2.75, 3.05) is 57.5 Å². The lowest BCUT2D eigenvalue weighted by atomic mass is 10.1. The molecule has 0 bridgehead atoms. The van der Waals surface area contributed by atoms with E-state index in [1.165, 1.54) is 22.5 Å². The van der Waals surface area contributed by atoms with Gasteiger partial charge in [-0.3, -0.25) is 4.79 Å². The summed E-state index contributed by atoms with van der Waals surface area (Å²) in [5, 5.41) is 3.03. The van der Waals surface area contributed by atoms with Crippen LogP contribution in [0.4, 0.5) is 5.69 Å². The zero-order valence-electron chi connectivity index (χ0n) is 17.6. The lowest BCUT2D eigenvalue weighted by molar-refractivity contribution is 0.0730. The van der Waals surface area contributed by atoms with E-state index in [-0.39, 0.29) is 28.6 Å². The fraction of sp³-hybridized carbons (Fsp3) is 0.409. The molecule has 2 fully saturated rings. The SMILES string of the molecule is O=C(NCc1ccc(N2CCOCC2)cc1)c1cc(S(=O)(=O)N2CCOCC2)ccc1Cl. The minimum Gasteiger partial charge on any atom is -0.379 e. The molecule has 2 aromatic carbocycles. The normalized spacial score (nSPS) is 17.8. The first kappa shape index (κ1) is 23.0. The van der Waals surface area contributed by atoms with Gasteiger partial charge >= 0.3 is 0 Å². The maximum absolute atomic E-state index is 12.9. The van der Waals surface area contributed by atoms with Gasteiger partial charge in [0.05, 0.1) is 41.9 Å². The van der Waals surface area contributed by atoms with E-state index in [1.54, 1.807) is 0 Å². The molecule has 1 amide bonds. The van der Waals surface area contributed by atoms with Gasteiger partial charge < -0.3 is 19.7 Å². The molecule has 0 radical (unpaired) electrons. The minimum atomic E-state index is -3.72. The number of carbonyl (C=O) groups excluding carboxylic acids is 1. The maximum atomic E-state index is 12.9. The van der Waals surface area contributed by atoms with Crippen LogP contribution in [0.5, 0.6) is 0 Å². The van der Waals surface area contributed by atoms with Crippen LogP contribution in [0.15, 0.2) is 47.4 Å². The fourth-order valence-corrected chi connectivity index (χ4v) is 5.34. The number of carbonyl (C=O) groups is 1. The summed E-state index contributed by atoms with van der Waals surface area (Å²) < 4.78 is 37.8. The van der Waals surface area contributed by atoms with E-state index in [0.717, 1.165) is 37.6 Å². The first-order chi connectivity index (χ1) is 15.4. The Morgan fingerprint density at radius 3 is 2.22 bits per heavy atom. The van der Waals surface area contributed by atoms with Gasteiger partial charge in [0.25, 0.3) is 5.91 Å². The molecule has 1 N–H and O–H groups in total. The molecule has 4 rings (SSSR count). The third kappa shape index (κ3) is 5.24. The lowest BCUT2D eigenvalue weighted by Gasteiger charge is -2.28. The zero-order valence-corrected chi connectivity index (χ0v) is 19.2. The highest BCUT2D eigenvalue weighted by molar-refractivity contribution is 7.89. The van der Waals surface area contributed by atoms with Crippen molar-refractivity contribution in [3.63, 3.8) is 0 Å². The molecular formula is C22H26ClN3O5S. The average Bonchev–Trinajstić information content (AvgIpc) is 2.84. The average molecular weight is 480 g/mol. The first-order valence-electron chi connectivity index (χ1n) is 10.5. The van der Waals surface area contributed by atoms with Crippen LogP contribution in [-0.4, -0.2) is 71.2 Å². The van der Waals surface area contributed by atoms with Crippen LogP contribution in [-0.2, 0) is 26.0 Å². The Kier molecular flexibility index (Phi) is 7.32. The van der Waals surface area contributed by atoms with Gasteiger partial charge in [-0.15, -0.1) is 0 Å². The van der Waals surface area contributed by atoms with Gasteiger partial charge in [0.15, 0.2) is 0 Å². The number of halogens is 1. The summed E-state index contributed by atoms with van der Waals surface area (Å²) in [6, 6.07) is 12.2. The number of nitrogens with one attached hydrogen (secondary N) is 1. The smallest absolute Gasteiger partial charge is 0.253 e. The van der Waals surface area contributed by atoms with Gasteiger partial charge in [0, 0.05) is 38.4 Å². The molecule has 0 atom stereocenters. The Morgan fingerprint density at radius 2 is 1.56 bits per heavy atom. The highest BCUT2D eigenvalue weighted by atomic mass is 35.5. The number of sulfonamides is 1. The molecule has 172 valence electrons. The predicted molar refractivity (Wildman–Crippen MR) is 122 cm³/mol. The van der Waals surface area contributed by atoms with Crippen LogP contribution < -0.4 is 10.2 Å². The van der Waals surface area contributed by atoms with Gasteiger partial charge in [-0.25, -0.2) is 8.42 Å². The third-order valence-corrected chi connectivity index (χ3v) is 7.78. The maximum Gasteiger partial charge on any atom is 0.253 e. The summed E-state index contributed by atoms with van der Waals surface area (Å²) in [7, 11) is -3.72. The highest BCUT2D eigenvalue weighted by Crippen LogP contribution is 2.24. The highest BCUT2D eigenvalue weighted by Gasteiger charge is 2.27. The standard InChI is InChI=1S/C22H26ClN3O5S/c23-21-6-5-19(32(28,29)26-9-13-31-14-10-26)15-20(21)22(27)24-16-17-1-3-18(4-2-17)25-7-11-30-12-8-25/h1-6,15H,7-14,16H2,(H,24,27). The molecule has 2 aromatic rings. The second-order valence-corrected chi connectivity index (χ2v) is 9.95. The van der Waals surface area contributed by atoms with Crippen LogP contribution in [0.25, 0.3) is 0 Å². The number of anilines is 1. The molecule has 2 saturated heterocycles. The van der Waals surface area contributed by atoms with Crippen molar-refractivity contribution in [2.24, 2.45) is 0 Å². The summed E-state index contributed by atoms with van der Waals surface area (Å²) in [6.45, 7) is 4.74. The quantitative estimate of drug-likeness (QED) is 0.683. The molecule has 0 saturated carbocycles. The number of hydrogen-bond acceptors (Lipinski definition) is 6. The van der Waals surface area contributed by atoms with Crippen molar-refractivity contribution in [1.82, 2.24) is 9.62 Å². The minimum absolute atomic E-state index is 0.0452. The van der Waals surface area contributed by atoms with E-state index < -0.39 is 15.9 Å². The van der Waals surface area contributed by atoms with E-state index in [1.807, 2.05) is 24.3 Å². The van der Waals surface area contributed by atoms with E-state index in [4.69, 9.17) is 21.1 Å². The molecule has 0 aromatic heterocycles.